The van der Waals surface area contributed by atoms with E-state index in [1.54, 1.807) is 39.8 Å². The van der Waals surface area contributed by atoms with Gasteiger partial charge in [0, 0.05) is 26.0 Å². The van der Waals surface area contributed by atoms with Gasteiger partial charge in [0.15, 0.2) is 11.6 Å². The van der Waals surface area contributed by atoms with Gasteiger partial charge in [-0.05, 0) is 150 Å². The zero-order valence-electron chi connectivity index (χ0n) is 59.0. The molecule has 2 unspecified atom stereocenters. The van der Waals surface area contributed by atoms with Crippen LogP contribution in [-0.2, 0) is 41.0 Å². The zero-order valence-corrected chi connectivity index (χ0v) is 61.0. The summed E-state index contributed by atoms with van der Waals surface area (Å²) in [6.07, 6.45) is 12.8. The van der Waals surface area contributed by atoms with Crippen LogP contribution >= 0.6 is 0 Å². The SMILES string of the molecule is Cc1cc(C)c(C(=O)O)c(/C=C/C[C@@H]2OC(C)(C)O[C@@H]2C(O)/C=C\[C@@H](Cc2ccccc2)[C@H](C)O)c1.Cc1cc(C)c(C(=O)OCC[Si](C)(C)C)c(/C=C/C[C@@H]2OC(C)(C)O[C@@H]2C(O)/C=C\[C@@H](Cc2ccccc2)[C@H](C)O[Si](c2ccccc2)(c2ccccc2)C(C)(C)C)c1. The standard InChI is InChI=1S/C51H68O6Si2.C30H38O6/c1-37-34-38(2)47(49(53)54-32-33-58(9,10)11)42(35-37)24-21-29-46-48(56-51(7,8)55-46)45(52)31-30-41(36-40-22-15-12-16-23-40)39(3)57-59(50(4,5)6,43-25-17-13-18-26-43)44-27-19-14-20-28-44;1-19-16-20(2)27(29(33)34)24(17-19)12-9-13-26-28(36-30(4,5)35-26)25(32)15-14-23(21(3)31)18-22-10-7-6-8-11-22/h12-28,30-31,34-35,39,41,45-46,48,52H,29,32-33,36H2,1-11H3;6-12,14-17,21,23,25-26,28,31-32H,13,18H2,1-5H3,(H,33,34)/b24-21+,31-30-;12-9+,15-14-/t39-,41-,45?,46-,48+;21-,23-,25?,26-,28+/m00/s1. The predicted octanol–water partition coefficient (Wildman–Crippen LogP) is 15.5. The molecule has 0 radical (unpaired) electrons. The highest BCUT2D eigenvalue weighted by molar-refractivity contribution is 6.99. The number of ether oxygens (including phenoxy) is 5. The largest absolute Gasteiger partial charge is 0.478 e. The second-order valence-corrected chi connectivity index (χ2v) is 39.0. The van der Waals surface area contributed by atoms with Crippen LogP contribution in [0.15, 0.2) is 182 Å². The van der Waals surface area contributed by atoms with Gasteiger partial charge in [-0.1, -0.05) is 246 Å². The minimum absolute atomic E-state index is 0.0594. The number of aliphatic hydroxyl groups is 3. The molecule has 6 aromatic rings. The van der Waals surface area contributed by atoms with Crippen LogP contribution in [0.3, 0.4) is 0 Å². The highest BCUT2D eigenvalue weighted by Crippen LogP contribution is 2.40. The second-order valence-electron chi connectivity index (χ2n) is 29.1. The van der Waals surface area contributed by atoms with Crippen LogP contribution in [0.25, 0.3) is 12.2 Å². The monoisotopic (exact) mass is 1330 g/mol. The Morgan fingerprint density at radius 2 is 0.968 bits per heavy atom. The number of carbonyl (C=O) groups is 2. The molecule has 14 heteroatoms. The lowest BCUT2D eigenvalue weighted by Gasteiger charge is -2.45. The number of rotatable bonds is 27. The van der Waals surface area contributed by atoms with Crippen molar-refractivity contribution in [3.8, 4) is 0 Å². The van der Waals surface area contributed by atoms with Crippen molar-refractivity contribution in [2.75, 3.05) is 6.61 Å². The molecule has 0 aliphatic carbocycles. The van der Waals surface area contributed by atoms with E-state index in [4.69, 9.17) is 28.1 Å². The molecule has 0 bridgehead atoms. The number of aliphatic hydroxyl groups excluding tert-OH is 3. The topological polar surface area (TPSA) is 170 Å². The van der Waals surface area contributed by atoms with Crippen molar-refractivity contribution in [3.05, 3.63) is 238 Å². The maximum atomic E-state index is 13.4. The number of benzene rings is 6. The Bertz CT molecular complexity index is 3510. The fourth-order valence-electron chi connectivity index (χ4n) is 13.0. The van der Waals surface area contributed by atoms with E-state index in [0.717, 1.165) is 40.3 Å². The van der Waals surface area contributed by atoms with Gasteiger partial charge in [-0.3, -0.25) is 0 Å². The molecule has 8 rings (SSSR count). The Labute approximate surface area is 568 Å². The molecule has 2 saturated heterocycles. The molecular formula is C81H106O12Si2. The van der Waals surface area contributed by atoms with E-state index < -0.39 is 76.7 Å². The number of aromatic carboxylic acids is 1. The molecule has 6 aromatic carbocycles. The third-order valence-electron chi connectivity index (χ3n) is 17.7. The minimum atomic E-state index is -2.86. The fraction of sp³-hybridized carbons (Fsp3) is 0.432. The Balaban J connectivity index is 0.000000302. The summed E-state index contributed by atoms with van der Waals surface area (Å²) in [5.74, 6) is -3.22. The lowest BCUT2D eigenvalue weighted by molar-refractivity contribution is -0.152. The number of carboxylic acid groups (broad SMARTS) is 1. The fourth-order valence-corrected chi connectivity index (χ4v) is 18.5. The molecule has 2 fully saturated rings. The first-order chi connectivity index (χ1) is 44.8. The van der Waals surface area contributed by atoms with Gasteiger partial charge in [-0.15, -0.1) is 0 Å². The van der Waals surface area contributed by atoms with Crippen LogP contribution in [0.1, 0.15) is 140 Å². The van der Waals surface area contributed by atoms with Gasteiger partial charge in [-0.25, -0.2) is 9.59 Å². The van der Waals surface area contributed by atoms with E-state index in [1.165, 1.54) is 15.9 Å². The Morgan fingerprint density at radius 1 is 0.568 bits per heavy atom. The van der Waals surface area contributed by atoms with Gasteiger partial charge in [-0.2, -0.15) is 0 Å². The van der Waals surface area contributed by atoms with Gasteiger partial charge in [0.25, 0.3) is 8.32 Å². The summed E-state index contributed by atoms with van der Waals surface area (Å²) in [6.45, 7) is 33.2. The highest BCUT2D eigenvalue weighted by atomic mass is 28.4. The molecule has 4 N–H and O–H groups in total. The molecule has 510 valence electrons. The van der Waals surface area contributed by atoms with Gasteiger partial charge < -0.3 is 48.5 Å². The molecule has 0 aromatic heterocycles. The Hall–Kier alpha value is -6.67. The van der Waals surface area contributed by atoms with Crippen molar-refractivity contribution < 1.29 is 58.1 Å². The van der Waals surface area contributed by atoms with Crippen molar-refractivity contribution in [1.82, 2.24) is 0 Å². The normalized spacial score (nSPS) is 20.2. The highest BCUT2D eigenvalue weighted by Gasteiger charge is 2.52. The number of hydrogen-bond donors (Lipinski definition) is 4. The molecule has 10 atom stereocenters. The smallest absolute Gasteiger partial charge is 0.338 e. The van der Waals surface area contributed by atoms with Crippen LogP contribution in [0.5, 0.6) is 0 Å². The predicted molar refractivity (Wildman–Crippen MR) is 390 cm³/mol. The van der Waals surface area contributed by atoms with E-state index in [1.807, 2.05) is 126 Å². The molecule has 2 aliphatic heterocycles. The number of esters is 1. The quantitative estimate of drug-likeness (QED) is 0.0219. The summed E-state index contributed by atoms with van der Waals surface area (Å²) in [7, 11) is -4.21. The summed E-state index contributed by atoms with van der Waals surface area (Å²) in [5.41, 5.74) is 8.28. The molecule has 2 heterocycles. The summed E-state index contributed by atoms with van der Waals surface area (Å²) in [5, 5.41) is 45.1. The average molecular weight is 1330 g/mol. The Morgan fingerprint density at radius 3 is 1.38 bits per heavy atom. The third-order valence-corrected chi connectivity index (χ3v) is 24.5. The maximum absolute atomic E-state index is 13.4. The molecular weight excluding hydrogens is 1220 g/mol. The molecule has 0 spiro atoms. The van der Waals surface area contributed by atoms with Crippen LogP contribution in [0.4, 0.5) is 0 Å². The van der Waals surface area contributed by atoms with Crippen molar-refractivity contribution in [2.24, 2.45) is 11.8 Å². The summed E-state index contributed by atoms with van der Waals surface area (Å²) in [4.78, 5) is 25.1. The van der Waals surface area contributed by atoms with Crippen molar-refractivity contribution in [3.63, 3.8) is 0 Å². The minimum Gasteiger partial charge on any atom is -0.478 e. The number of carboxylic acids is 1. The zero-order chi connectivity index (χ0) is 69.5. The summed E-state index contributed by atoms with van der Waals surface area (Å²) in [6, 6.07) is 50.5. The Kier molecular flexibility index (Phi) is 26.7. The number of carbonyl (C=O) groups excluding carboxylic acids is 1. The molecule has 12 nitrogen and oxygen atoms in total. The van der Waals surface area contributed by atoms with E-state index in [-0.39, 0.29) is 34.5 Å². The van der Waals surface area contributed by atoms with Crippen LogP contribution in [0.2, 0.25) is 30.7 Å². The summed E-state index contributed by atoms with van der Waals surface area (Å²) < 4.78 is 38.3. The molecule has 2 aliphatic rings. The van der Waals surface area contributed by atoms with Crippen LogP contribution < -0.4 is 10.4 Å². The first-order valence-corrected chi connectivity index (χ1v) is 39.3. The lowest BCUT2D eigenvalue weighted by Crippen LogP contribution is -2.68. The van der Waals surface area contributed by atoms with Crippen LogP contribution in [-0.4, -0.2) is 116 Å². The number of aryl methyl sites for hydroxylation is 4. The number of hydrogen-bond acceptors (Lipinski definition) is 11. The molecule has 95 heavy (non-hydrogen) atoms. The van der Waals surface area contributed by atoms with Crippen molar-refractivity contribution in [2.45, 2.75) is 207 Å². The maximum Gasteiger partial charge on any atom is 0.338 e. The first-order valence-electron chi connectivity index (χ1n) is 33.7. The van der Waals surface area contributed by atoms with E-state index in [0.29, 0.717) is 42.6 Å². The van der Waals surface area contributed by atoms with Gasteiger partial charge in [0.1, 0.15) is 24.4 Å². The lowest BCUT2D eigenvalue weighted by atomic mass is 9.93. The molecule has 0 amide bonds. The van der Waals surface area contributed by atoms with Gasteiger partial charge in [0.2, 0.25) is 0 Å². The second kappa shape index (κ2) is 33.5. The van der Waals surface area contributed by atoms with E-state index >= 15 is 0 Å². The average Bonchev–Trinajstić information content (AvgIpc) is 1.46. The van der Waals surface area contributed by atoms with Crippen molar-refractivity contribution >= 4 is 50.9 Å². The van der Waals surface area contributed by atoms with Crippen molar-refractivity contribution in [1.29, 1.82) is 0 Å². The summed E-state index contributed by atoms with van der Waals surface area (Å²) >= 11 is 0. The van der Waals surface area contributed by atoms with Gasteiger partial charge in [0.05, 0.1) is 36.0 Å². The van der Waals surface area contributed by atoms with Crippen LogP contribution in [0, 0.1) is 39.5 Å². The van der Waals surface area contributed by atoms with E-state index in [2.05, 4.69) is 138 Å². The first kappa shape index (κ1) is 75.7. The van der Waals surface area contributed by atoms with Gasteiger partial charge >= 0.3 is 11.9 Å². The molecule has 0 saturated carbocycles. The van der Waals surface area contributed by atoms with E-state index in [9.17, 15) is 30.0 Å². The third kappa shape index (κ3) is 21.4.